The zero-order chi connectivity index (χ0) is 29.7. The van der Waals surface area contributed by atoms with Gasteiger partial charge in [-0.05, 0) is 65.8 Å². The summed E-state index contributed by atoms with van der Waals surface area (Å²) in [5.74, 6) is 0. The van der Waals surface area contributed by atoms with Crippen molar-refractivity contribution in [2.45, 2.75) is 33.1 Å². The molecule has 0 atom stereocenters. The monoisotopic (exact) mass is 758 g/mol. The molecular weight excluding hydrogens is 730 g/mol. The van der Waals surface area contributed by atoms with Gasteiger partial charge in [0, 0.05) is 11.9 Å². The molecule has 4 heteroatoms. The number of aromatic nitrogens is 3. The van der Waals surface area contributed by atoms with Crippen molar-refractivity contribution in [3.8, 4) is 22.5 Å². The average molecular weight is 759 g/mol. The van der Waals surface area contributed by atoms with E-state index in [0.29, 0.717) is 0 Å². The second-order valence-corrected chi connectivity index (χ2v) is 13.0. The van der Waals surface area contributed by atoms with Crippen molar-refractivity contribution in [1.29, 1.82) is 0 Å². The van der Waals surface area contributed by atoms with E-state index in [2.05, 4.69) is 135 Å². The molecule has 4 aromatic heterocycles. The van der Waals surface area contributed by atoms with Crippen LogP contribution in [0.5, 0.6) is 0 Å². The number of rotatable bonds is 2. The molecule has 3 nitrogen and oxygen atoms in total. The molecule has 0 aliphatic heterocycles. The van der Waals surface area contributed by atoms with Crippen molar-refractivity contribution >= 4 is 59.6 Å². The summed E-state index contributed by atoms with van der Waals surface area (Å²) in [5, 5.41) is 10.8. The summed E-state index contributed by atoms with van der Waals surface area (Å²) in [6, 6.07) is 38.6. The van der Waals surface area contributed by atoms with Crippen molar-refractivity contribution in [1.82, 2.24) is 14.4 Å². The SMILES string of the molecule is Cc1[c-]n2c3nc(-c4[c-]c(-c5cc6ccccc6cn5)ccc4)cc4c5ccc(C(C)(C)C)cc5cc(c5cccc1c52)c43.[Pt+2]. The van der Waals surface area contributed by atoms with Gasteiger partial charge in [-0.25, -0.2) is 0 Å². The largest absolute Gasteiger partial charge is 2.00 e. The van der Waals surface area contributed by atoms with Crippen LogP contribution in [0.1, 0.15) is 31.9 Å². The molecule has 0 spiro atoms. The molecule has 0 radical (unpaired) electrons. The molecule has 0 amide bonds. The van der Waals surface area contributed by atoms with Crippen molar-refractivity contribution in [3.63, 3.8) is 0 Å². The quantitative estimate of drug-likeness (QED) is 0.0999. The third kappa shape index (κ3) is 4.21. The Kier molecular flexibility index (Phi) is 6.18. The molecule has 9 rings (SSSR count). The van der Waals surface area contributed by atoms with Gasteiger partial charge < -0.3 is 9.38 Å². The number of fused-ring (bicyclic) bond motifs is 5. The minimum Gasteiger partial charge on any atom is -0.428 e. The standard InChI is InChI=1S/C41H29N3.Pt/c1-24-23-44-39-31(24)13-8-14-33(39)34-19-29-18-30(41(2,3)4)15-16-32(29)35-21-37(43-40(44)38(34)35)27-12-7-11-26(17-27)36-20-25-9-5-6-10-28(25)22-42-36;/h5-16,18-22H,1-4H3;/q-2;+2. The van der Waals surface area contributed by atoms with Crippen LogP contribution in [-0.4, -0.2) is 14.4 Å². The minimum absolute atomic E-state index is 0. The Hall–Kier alpha value is -4.59. The molecule has 4 heterocycles. The summed E-state index contributed by atoms with van der Waals surface area (Å²) >= 11 is 0. The first-order valence-electron chi connectivity index (χ1n) is 15.2. The van der Waals surface area contributed by atoms with Crippen molar-refractivity contribution in [3.05, 3.63) is 127 Å². The van der Waals surface area contributed by atoms with Gasteiger partial charge in [0.1, 0.15) is 0 Å². The minimum atomic E-state index is 0. The van der Waals surface area contributed by atoms with Crippen LogP contribution in [0.2, 0.25) is 0 Å². The molecule has 0 saturated carbocycles. The van der Waals surface area contributed by atoms with Gasteiger partial charge in [-0.15, -0.1) is 41.3 Å². The maximum Gasteiger partial charge on any atom is 2.00 e. The summed E-state index contributed by atoms with van der Waals surface area (Å²) < 4.78 is 2.18. The van der Waals surface area contributed by atoms with Gasteiger partial charge in [0.15, 0.2) is 0 Å². The Morgan fingerprint density at radius 2 is 1.38 bits per heavy atom. The van der Waals surface area contributed by atoms with Crippen LogP contribution < -0.4 is 0 Å². The van der Waals surface area contributed by atoms with Gasteiger partial charge in [0.2, 0.25) is 0 Å². The molecule has 0 aliphatic carbocycles. The average Bonchev–Trinajstić information content (AvgIpc) is 3.39. The van der Waals surface area contributed by atoms with E-state index in [0.717, 1.165) is 39.1 Å². The normalized spacial score (nSPS) is 12.3. The molecule has 0 fully saturated rings. The maximum atomic E-state index is 5.37. The van der Waals surface area contributed by atoms with E-state index in [9.17, 15) is 0 Å². The molecule has 0 aliphatic rings. The van der Waals surface area contributed by atoms with Crippen molar-refractivity contribution in [2.24, 2.45) is 0 Å². The molecule has 5 aromatic carbocycles. The van der Waals surface area contributed by atoms with Crippen molar-refractivity contribution < 1.29 is 21.1 Å². The van der Waals surface area contributed by atoms with E-state index in [1.807, 2.05) is 12.3 Å². The Bertz CT molecular complexity index is 2600. The van der Waals surface area contributed by atoms with E-state index in [1.54, 1.807) is 0 Å². The molecular formula is C41H29N3Pt. The van der Waals surface area contributed by atoms with Gasteiger partial charge in [-0.1, -0.05) is 117 Å². The Balaban J connectivity index is 0.00000300. The van der Waals surface area contributed by atoms with Crippen LogP contribution in [0.25, 0.3) is 82.2 Å². The smallest absolute Gasteiger partial charge is 0.428 e. The summed E-state index contributed by atoms with van der Waals surface area (Å²) in [5.41, 5.74) is 8.31. The summed E-state index contributed by atoms with van der Waals surface area (Å²) in [4.78, 5) is 10.1. The Morgan fingerprint density at radius 3 is 2.20 bits per heavy atom. The predicted molar refractivity (Wildman–Crippen MR) is 184 cm³/mol. The fraction of sp³-hybridized carbons (Fsp3) is 0.122. The van der Waals surface area contributed by atoms with Gasteiger partial charge in [0.25, 0.3) is 0 Å². The van der Waals surface area contributed by atoms with Gasteiger partial charge >= 0.3 is 21.1 Å². The van der Waals surface area contributed by atoms with E-state index in [4.69, 9.17) is 9.97 Å². The maximum absolute atomic E-state index is 5.37. The van der Waals surface area contributed by atoms with Crippen LogP contribution in [0.4, 0.5) is 0 Å². The first-order valence-corrected chi connectivity index (χ1v) is 15.2. The molecule has 0 saturated heterocycles. The zero-order valence-corrected chi connectivity index (χ0v) is 27.7. The van der Waals surface area contributed by atoms with Crippen molar-refractivity contribution in [2.75, 3.05) is 0 Å². The number of hydrogen-bond donors (Lipinski definition) is 0. The second kappa shape index (κ2) is 9.96. The van der Waals surface area contributed by atoms with E-state index in [1.165, 1.54) is 54.2 Å². The molecule has 218 valence electrons. The molecule has 0 unspecified atom stereocenters. The summed E-state index contributed by atoms with van der Waals surface area (Å²) in [6.45, 7) is 8.97. The predicted octanol–water partition coefficient (Wildman–Crippen LogP) is 10.5. The Labute approximate surface area is 276 Å². The van der Waals surface area contributed by atoms with Crippen LogP contribution in [0, 0.1) is 19.2 Å². The van der Waals surface area contributed by atoms with E-state index in [-0.39, 0.29) is 26.5 Å². The fourth-order valence-electron chi connectivity index (χ4n) is 6.89. The number of benzene rings is 5. The van der Waals surface area contributed by atoms with E-state index < -0.39 is 0 Å². The topological polar surface area (TPSA) is 30.2 Å². The molecule has 45 heavy (non-hydrogen) atoms. The third-order valence-electron chi connectivity index (χ3n) is 9.20. The number of aryl methyl sites for hydroxylation is 1. The third-order valence-corrected chi connectivity index (χ3v) is 9.20. The van der Waals surface area contributed by atoms with Crippen LogP contribution >= 0.6 is 0 Å². The number of hydrogen-bond acceptors (Lipinski definition) is 2. The van der Waals surface area contributed by atoms with Gasteiger partial charge in [0.05, 0.1) is 5.65 Å². The van der Waals surface area contributed by atoms with Gasteiger partial charge in [-0.2, -0.15) is 0 Å². The Morgan fingerprint density at radius 1 is 0.644 bits per heavy atom. The first kappa shape index (κ1) is 27.9. The fourth-order valence-corrected chi connectivity index (χ4v) is 6.89. The van der Waals surface area contributed by atoms with Crippen LogP contribution in [-0.2, 0) is 26.5 Å². The number of para-hydroxylation sites is 1. The zero-order valence-electron chi connectivity index (χ0n) is 25.5. The summed E-state index contributed by atoms with van der Waals surface area (Å²) in [6.07, 6.45) is 5.58. The number of pyridine rings is 3. The number of nitrogens with zero attached hydrogens (tertiary/aromatic N) is 3. The summed E-state index contributed by atoms with van der Waals surface area (Å²) in [7, 11) is 0. The van der Waals surface area contributed by atoms with Crippen LogP contribution in [0.15, 0.2) is 103 Å². The van der Waals surface area contributed by atoms with E-state index >= 15 is 0 Å². The molecule has 0 N–H and O–H groups in total. The molecule has 0 bridgehead atoms. The first-order chi connectivity index (χ1) is 21.3. The van der Waals surface area contributed by atoms with Crippen LogP contribution in [0.3, 0.4) is 0 Å². The van der Waals surface area contributed by atoms with Gasteiger partial charge in [-0.3, -0.25) is 4.98 Å². The molecule has 9 aromatic rings. The second-order valence-electron chi connectivity index (χ2n) is 13.0.